The first kappa shape index (κ1) is 24.7. The molecule has 1 aromatic heterocycles. The molecule has 190 valence electrons. The topological polar surface area (TPSA) is 101 Å². The number of morpholine rings is 1. The number of hydrogen-bond donors (Lipinski definition) is 1. The fraction of sp³-hybridized carbons (Fsp3) is 0.231. The van der Waals surface area contributed by atoms with E-state index in [0.29, 0.717) is 31.9 Å². The van der Waals surface area contributed by atoms with Gasteiger partial charge >= 0.3 is 0 Å². The molecule has 11 heteroatoms. The van der Waals surface area contributed by atoms with E-state index in [9.17, 15) is 23.6 Å². The van der Waals surface area contributed by atoms with Crippen LogP contribution in [0.25, 0.3) is 17.0 Å². The number of hydrogen-bond acceptors (Lipinski definition) is 6. The molecule has 0 atom stereocenters. The second kappa shape index (κ2) is 10.6. The van der Waals surface area contributed by atoms with Crippen LogP contribution >= 0.6 is 11.8 Å². The molecule has 0 aliphatic carbocycles. The zero-order valence-electron chi connectivity index (χ0n) is 19.7. The van der Waals surface area contributed by atoms with E-state index >= 15 is 0 Å². The quantitative estimate of drug-likeness (QED) is 0.499. The van der Waals surface area contributed by atoms with Crippen LogP contribution in [0.3, 0.4) is 0 Å². The van der Waals surface area contributed by atoms with Crippen molar-refractivity contribution in [3.63, 3.8) is 0 Å². The number of aromatic nitrogens is 1. The summed E-state index contributed by atoms with van der Waals surface area (Å²) in [6.07, 6.45) is 3.37. The Morgan fingerprint density at radius 1 is 1.03 bits per heavy atom. The summed E-state index contributed by atoms with van der Waals surface area (Å²) < 4.78 is 21.0. The number of nitrogens with one attached hydrogen (secondary N) is 1. The van der Waals surface area contributed by atoms with Crippen molar-refractivity contribution in [2.45, 2.75) is 6.54 Å². The molecule has 1 N–H and O–H groups in total. The van der Waals surface area contributed by atoms with Gasteiger partial charge in [0.15, 0.2) is 0 Å². The highest BCUT2D eigenvalue weighted by molar-refractivity contribution is 8.18. The predicted octanol–water partition coefficient (Wildman–Crippen LogP) is 3.31. The van der Waals surface area contributed by atoms with Crippen molar-refractivity contribution in [2.75, 3.05) is 38.2 Å². The number of carbonyl (C=O) groups excluding carboxylic acids is 4. The van der Waals surface area contributed by atoms with E-state index in [1.807, 2.05) is 28.8 Å². The summed E-state index contributed by atoms with van der Waals surface area (Å²) in [5.74, 6) is -1.95. The molecule has 37 heavy (non-hydrogen) atoms. The number of fused-ring (bicyclic) bond motifs is 1. The SMILES string of the molecule is O=C(CN1C(=O)S/C(=C/c2cn(CC(=O)N3CCOCC3)c3ccccc23)C1=O)Nc1ccccc1F. The van der Waals surface area contributed by atoms with E-state index in [-0.39, 0.29) is 23.0 Å². The van der Waals surface area contributed by atoms with Crippen LogP contribution in [0, 0.1) is 5.82 Å². The summed E-state index contributed by atoms with van der Waals surface area (Å²) in [5, 5.41) is 2.61. The monoisotopic (exact) mass is 522 g/mol. The Balaban J connectivity index is 1.34. The van der Waals surface area contributed by atoms with Crippen LogP contribution in [0.5, 0.6) is 0 Å². The van der Waals surface area contributed by atoms with Crippen molar-refractivity contribution >= 4 is 57.4 Å². The first-order valence-corrected chi connectivity index (χ1v) is 12.5. The first-order valence-electron chi connectivity index (χ1n) is 11.6. The lowest BCUT2D eigenvalue weighted by Gasteiger charge is -2.27. The number of carbonyl (C=O) groups is 4. The molecule has 2 aliphatic rings. The first-order chi connectivity index (χ1) is 17.9. The highest BCUT2D eigenvalue weighted by Gasteiger charge is 2.36. The van der Waals surface area contributed by atoms with Crippen LogP contribution < -0.4 is 5.32 Å². The zero-order chi connectivity index (χ0) is 25.9. The minimum Gasteiger partial charge on any atom is -0.378 e. The lowest BCUT2D eigenvalue weighted by atomic mass is 10.1. The van der Waals surface area contributed by atoms with E-state index in [2.05, 4.69) is 5.32 Å². The van der Waals surface area contributed by atoms with Gasteiger partial charge in [0, 0.05) is 35.8 Å². The van der Waals surface area contributed by atoms with E-state index in [1.54, 1.807) is 23.2 Å². The highest BCUT2D eigenvalue weighted by atomic mass is 32.2. The standard InChI is InChI=1S/C26H23FN4O5S/c27-19-6-2-3-7-20(19)28-23(32)15-31-25(34)22(37-26(31)35)13-17-14-30(21-8-4-1-5-18(17)21)16-24(33)29-9-11-36-12-10-29/h1-8,13-14H,9-12,15-16H2,(H,28,32)/b22-13+. The molecule has 0 spiro atoms. The molecule has 2 aliphatic heterocycles. The van der Waals surface area contributed by atoms with Crippen molar-refractivity contribution in [1.82, 2.24) is 14.4 Å². The Bertz CT molecular complexity index is 1430. The maximum absolute atomic E-state index is 13.8. The molecule has 2 saturated heterocycles. The fourth-order valence-electron chi connectivity index (χ4n) is 4.25. The second-order valence-electron chi connectivity index (χ2n) is 8.52. The fourth-order valence-corrected chi connectivity index (χ4v) is 5.08. The van der Waals surface area contributed by atoms with E-state index < -0.39 is 29.4 Å². The summed E-state index contributed by atoms with van der Waals surface area (Å²) in [5.41, 5.74) is 1.46. The van der Waals surface area contributed by atoms with E-state index in [1.165, 1.54) is 18.2 Å². The van der Waals surface area contributed by atoms with Gasteiger partial charge in [-0.3, -0.25) is 24.1 Å². The van der Waals surface area contributed by atoms with Gasteiger partial charge in [-0.15, -0.1) is 0 Å². The maximum atomic E-state index is 13.8. The Hall–Kier alpha value is -3.96. The van der Waals surface area contributed by atoms with Crippen molar-refractivity contribution in [2.24, 2.45) is 0 Å². The lowest BCUT2D eigenvalue weighted by molar-refractivity contribution is -0.135. The minimum atomic E-state index is -0.688. The number of benzene rings is 2. The zero-order valence-corrected chi connectivity index (χ0v) is 20.5. The van der Waals surface area contributed by atoms with Crippen LogP contribution in [0.15, 0.2) is 59.6 Å². The van der Waals surface area contributed by atoms with Gasteiger partial charge in [0.2, 0.25) is 11.8 Å². The predicted molar refractivity (Wildman–Crippen MR) is 137 cm³/mol. The molecule has 0 radical (unpaired) electrons. The number of para-hydroxylation sites is 2. The number of imide groups is 1. The highest BCUT2D eigenvalue weighted by Crippen LogP contribution is 2.34. The molecular weight excluding hydrogens is 499 g/mol. The largest absolute Gasteiger partial charge is 0.378 e. The van der Waals surface area contributed by atoms with Gasteiger partial charge in [0.1, 0.15) is 18.9 Å². The van der Waals surface area contributed by atoms with Crippen molar-refractivity contribution < 1.29 is 28.3 Å². The van der Waals surface area contributed by atoms with Crippen LogP contribution in [0.1, 0.15) is 5.56 Å². The van der Waals surface area contributed by atoms with Crippen LogP contribution in [0.4, 0.5) is 14.9 Å². The Kier molecular flexibility index (Phi) is 7.06. The van der Waals surface area contributed by atoms with Crippen LogP contribution in [-0.4, -0.2) is 70.2 Å². The number of rotatable bonds is 6. The average molecular weight is 523 g/mol. The third-order valence-corrected chi connectivity index (χ3v) is 7.01. The molecule has 3 aromatic rings. The Morgan fingerprint density at radius 2 is 1.76 bits per heavy atom. The number of thioether (sulfide) groups is 1. The van der Waals surface area contributed by atoms with Crippen LogP contribution in [0.2, 0.25) is 0 Å². The van der Waals surface area contributed by atoms with Gasteiger partial charge in [-0.25, -0.2) is 4.39 Å². The van der Waals surface area contributed by atoms with Gasteiger partial charge in [-0.2, -0.15) is 0 Å². The Labute approximate surface area is 215 Å². The van der Waals surface area contributed by atoms with Gasteiger partial charge < -0.3 is 19.5 Å². The molecule has 9 nitrogen and oxygen atoms in total. The molecule has 0 saturated carbocycles. The van der Waals surface area contributed by atoms with E-state index in [4.69, 9.17) is 4.74 Å². The molecule has 2 aromatic carbocycles. The van der Waals surface area contributed by atoms with Crippen LogP contribution in [-0.2, 0) is 25.7 Å². The lowest BCUT2D eigenvalue weighted by Crippen LogP contribution is -2.42. The van der Waals surface area contributed by atoms with Crippen molar-refractivity contribution in [1.29, 1.82) is 0 Å². The number of anilines is 1. The van der Waals surface area contributed by atoms with Crippen molar-refractivity contribution in [3.05, 3.63) is 71.0 Å². The number of ether oxygens (including phenoxy) is 1. The van der Waals surface area contributed by atoms with Gasteiger partial charge in [0.05, 0.1) is 23.8 Å². The van der Waals surface area contributed by atoms with Crippen molar-refractivity contribution in [3.8, 4) is 0 Å². The normalized spacial score (nSPS) is 17.2. The van der Waals surface area contributed by atoms with Gasteiger partial charge in [0.25, 0.3) is 11.1 Å². The molecule has 0 bridgehead atoms. The third kappa shape index (κ3) is 5.27. The van der Waals surface area contributed by atoms with Gasteiger partial charge in [-0.05, 0) is 36.0 Å². The number of amides is 4. The molecule has 0 unspecified atom stereocenters. The molecular formula is C26H23FN4O5S. The summed E-state index contributed by atoms with van der Waals surface area (Å²) in [7, 11) is 0. The molecule has 4 amide bonds. The molecule has 2 fully saturated rings. The summed E-state index contributed by atoms with van der Waals surface area (Å²) in [6.45, 7) is 1.71. The summed E-state index contributed by atoms with van der Waals surface area (Å²) in [4.78, 5) is 53.5. The average Bonchev–Trinajstić information content (AvgIpc) is 3.37. The summed E-state index contributed by atoms with van der Waals surface area (Å²) >= 11 is 0.729. The second-order valence-corrected chi connectivity index (χ2v) is 9.51. The van der Waals surface area contributed by atoms with E-state index in [0.717, 1.165) is 27.6 Å². The summed E-state index contributed by atoms with van der Waals surface area (Å²) in [6, 6.07) is 13.1. The minimum absolute atomic E-state index is 0.0307. The smallest absolute Gasteiger partial charge is 0.294 e. The number of nitrogens with zero attached hydrogens (tertiary/aromatic N) is 3. The Morgan fingerprint density at radius 3 is 2.54 bits per heavy atom. The third-order valence-electron chi connectivity index (χ3n) is 6.10. The molecule has 5 rings (SSSR count). The number of halogens is 1. The maximum Gasteiger partial charge on any atom is 0.294 e. The van der Waals surface area contributed by atoms with Gasteiger partial charge in [-0.1, -0.05) is 30.3 Å². The molecule has 3 heterocycles.